The molecule has 2 N–H and O–H groups in total. The van der Waals surface area contributed by atoms with Crippen molar-refractivity contribution in [1.82, 2.24) is 10.6 Å². The van der Waals surface area contributed by atoms with E-state index in [1.165, 1.54) is 0 Å². The van der Waals surface area contributed by atoms with Gasteiger partial charge < -0.3 is 15.4 Å². The maximum Gasteiger partial charge on any atom is 0.248 e. The largest absolute Gasteiger partial charge is 0.367 e. The van der Waals surface area contributed by atoms with E-state index < -0.39 is 0 Å². The molecule has 0 aromatic heterocycles. The van der Waals surface area contributed by atoms with Crippen LogP contribution in [0, 0.1) is 5.92 Å². The van der Waals surface area contributed by atoms with E-state index >= 15 is 0 Å². The van der Waals surface area contributed by atoms with Crippen LogP contribution in [-0.4, -0.2) is 38.3 Å². The zero-order valence-electron chi connectivity index (χ0n) is 11.7. The van der Waals surface area contributed by atoms with Gasteiger partial charge in [-0.3, -0.25) is 4.79 Å². The summed E-state index contributed by atoms with van der Waals surface area (Å²) in [6.45, 7) is 11.3. The number of amides is 1. The van der Waals surface area contributed by atoms with Crippen LogP contribution in [0.15, 0.2) is 0 Å². The molecule has 0 aromatic rings. The number of carbonyl (C=O) groups excluding carboxylic acids is 1. The molecule has 1 amide bonds. The summed E-state index contributed by atoms with van der Waals surface area (Å²) in [5, 5.41) is 6.11. The van der Waals surface area contributed by atoms with Crippen molar-refractivity contribution < 1.29 is 9.53 Å². The van der Waals surface area contributed by atoms with Crippen molar-refractivity contribution in [1.29, 1.82) is 0 Å². The van der Waals surface area contributed by atoms with Gasteiger partial charge in [-0.2, -0.15) is 0 Å². The molecule has 0 aliphatic carbocycles. The van der Waals surface area contributed by atoms with Gasteiger partial charge in [0.15, 0.2) is 0 Å². The number of ether oxygens (including phenoxy) is 1. The molecule has 0 radical (unpaired) electrons. The van der Waals surface area contributed by atoms with Crippen LogP contribution < -0.4 is 10.6 Å². The zero-order chi connectivity index (χ0) is 13.1. The number of nitrogens with one attached hydrogen (secondary N) is 2. The fourth-order valence-electron chi connectivity index (χ4n) is 1.31. The quantitative estimate of drug-likeness (QED) is 0.573. The Bertz CT molecular complexity index is 196. The van der Waals surface area contributed by atoms with Gasteiger partial charge >= 0.3 is 0 Å². The lowest BCUT2D eigenvalue weighted by Crippen LogP contribution is -2.36. The number of hydrogen-bond donors (Lipinski definition) is 2. The average Bonchev–Trinajstić information content (AvgIpc) is 2.27. The molecule has 0 saturated heterocycles. The topological polar surface area (TPSA) is 50.4 Å². The lowest BCUT2D eigenvalue weighted by atomic mass is 10.1. The van der Waals surface area contributed by atoms with E-state index in [2.05, 4.69) is 31.4 Å². The minimum atomic E-state index is -0.356. The lowest BCUT2D eigenvalue weighted by Gasteiger charge is -2.14. The van der Waals surface area contributed by atoms with Gasteiger partial charge in [-0.1, -0.05) is 20.8 Å². The molecule has 17 heavy (non-hydrogen) atoms. The first kappa shape index (κ1) is 16.4. The van der Waals surface area contributed by atoms with E-state index in [1.54, 1.807) is 6.92 Å². The van der Waals surface area contributed by atoms with E-state index in [-0.39, 0.29) is 12.0 Å². The molecular formula is C13H28N2O2. The molecule has 102 valence electrons. The normalized spacial score (nSPS) is 12.8. The van der Waals surface area contributed by atoms with Crippen molar-refractivity contribution in [2.24, 2.45) is 5.92 Å². The zero-order valence-corrected chi connectivity index (χ0v) is 11.7. The molecular weight excluding hydrogens is 216 g/mol. The third-order valence-electron chi connectivity index (χ3n) is 2.46. The van der Waals surface area contributed by atoms with Gasteiger partial charge in [0.05, 0.1) is 6.61 Å². The summed E-state index contributed by atoms with van der Waals surface area (Å²) in [4.78, 5) is 11.6. The van der Waals surface area contributed by atoms with E-state index in [0.29, 0.717) is 12.5 Å². The Labute approximate surface area is 105 Å². The van der Waals surface area contributed by atoms with Gasteiger partial charge in [0.25, 0.3) is 0 Å². The van der Waals surface area contributed by atoms with Gasteiger partial charge in [-0.15, -0.1) is 0 Å². The second-order valence-electron chi connectivity index (χ2n) is 4.74. The van der Waals surface area contributed by atoms with Crippen LogP contribution in [-0.2, 0) is 9.53 Å². The Morgan fingerprint density at radius 3 is 2.47 bits per heavy atom. The van der Waals surface area contributed by atoms with Crippen LogP contribution in [0.5, 0.6) is 0 Å². The van der Waals surface area contributed by atoms with Crippen molar-refractivity contribution in [3.63, 3.8) is 0 Å². The molecule has 0 heterocycles. The maximum atomic E-state index is 11.6. The molecule has 4 heteroatoms. The second-order valence-corrected chi connectivity index (χ2v) is 4.74. The molecule has 0 aliphatic rings. The SMILES string of the molecule is CCCNCCOC(C)C(=O)NCCC(C)C. The lowest BCUT2D eigenvalue weighted by molar-refractivity contribution is -0.131. The summed E-state index contributed by atoms with van der Waals surface area (Å²) in [6, 6.07) is 0. The molecule has 0 aromatic carbocycles. The molecule has 0 fully saturated rings. The molecule has 1 atom stereocenters. The molecule has 4 nitrogen and oxygen atoms in total. The van der Waals surface area contributed by atoms with Crippen LogP contribution in [0.2, 0.25) is 0 Å². The van der Waals surface area contributed by atoms with E-state index in [4.69, 9.17) is 4.74 Å². The van der Waals surface area contributed by atoms with Crippen LogP contribution >= 0.6 is 0 Å². The first-order valence-corrected chi connectivity index (χ1v) is 6.68. The summed E-state index contributed by atoms with van der Waals surface area (Å²) in [5.41, 5.74) is 0. The van der Waals surface area contributed by atoms with Gasteiger partial charge in [-0.25, -0.2) is 0 Å². The van der Waals surface area contributed by atoms with Crippen molar-refractivity contribution in [3.8, 4) is 0 Å². The number of rotatable bonds is 10. The standard InChI is InChI=1S/C13H28N2O2/c1-5-7-14-9-10-17-12(4)13(16)15-8-6-11(2)3/h11-12,14H,5-10H2,1-4H3,(H,15,16). The Balaban J connectivity index is 3.47. The third-order valence-corrected chi connectivity index (χ3v) is 2.46. The van der Waals surface area contributed by atoms with Crippen LogP contribution in [0.3, 0.4) is 0 Å². The van der Waals surface area contributed by atoms with Crippen LogP contribution in [0.4, 0.5) is 0 Å². The minimum absolute atomic E-state index is 0.0128. The van der Waals surface area contributed by atoms with Gasteiger partial charge in [0, 0.05) is 13.1 Å². The first-order chi connectivity index (χ1) is 8.07. The van der Waals surface area contributed by atoms with E-state index in [9.17, 15) is 4.79 Å². The smallest absolute Gasteiger partial charge is 0.248 e. The summed E-state index contributed by atoms with van der Waals surface area (Å²) in [6.07, 6.45) is 1.77. The highest BCUT2D eigenvalue weighted by atomic mass is 16.5. The van der Waals surface area contributed by atoms with Gasteiger partial charge in [-0.05, 0) is 32.2 Å². The van der Waals surface area contributed by atoms with E-state index in [1.807, 2.05) is 0 Å². The minimum Gasteiger partial charge on any atom is -0.367 e. The molecule has 0 saturated carbocycles. The average molecular weight is 244 g/mol. The fourth-order valence-corrected chi connectivity index (χ4v) is 1.31. The fraction of sp³-hybridized carbons (Fsp3) is 0.923. The van der Waals surface area contributed by atoms with Crippen molar-refractivity contribution >= 4 is 5.91 Å². The summed E-state index contributed by atoms with van der Waals surface area (Å²) in [7, 11) is 0. The highest BCUT2D eigenvalue weighted by molar-refractivity contribution is 5.80. The monoisotopic (exact) mass is 244 g/mol. The summed E-state index contributed by atoms with van der Waals surface area (Å²) >= 11 is 0. The predicted octanol–water partition coefficient (Wildman–Crippen LogP) is 1.55. The number of hydrogen-bond acceptors (Lipinski definition) is 3. The molecule has 0 bridgehead atoms. The van der Waals surface area contributed by atoms with Crippen molar-refractivity contribution in [2.75, 3.05) is 26.2 Å². The predicted molar refractivity (Wildman–Crippen MR) is 71.0 cm³/mol. The van der Waals surface area contributed by atoms with Gasteiger partial charge in [0.1, 0.15) is 6.10 Å². The first-order valence-electron chi connectivity index (χ1n) is 6.68. The van der Waals surface area contributed by atoms with Crippen molar-refractivity contribution in [3.05, 3.63) is 0 Å². The Hall–Kier alpha value is -0.610. The highest BCUT2D eigenvalue weighted by Crippen LogP contribution is 1.97. The Kier molecular flexibility index (Phi) is 10.2. The van der Waals surface area contributed by atoms with Gasteiger partial charge in [0.2, 0.25) is 5.91 Å². The number of carbonyl (C=O) groups is 1. The third kappa shape index (κ3) is 10.3. The summed E-state index contributed by atoms with van der Waals surface area (Å²) < 4.78 is 5.43. The second kappa shape index (κ2) is 10.5. The Morgan fingerprint density at radius 1 is 1.18 bits per heavy atom. The maximum absolute atomic E-state index is 11.6. The van der Waals surface area contributed by atoms with E-state index in [0.717, 1.165) is 32.5 Å². The molecule has 1 unspecified atom stereocenters. The molecule has 0 aliphatic heterocycles. The van der Waals surface area contributed by atoms with Crippen LogP contribution in [0.25, 0.3) is 0 Å². The van der Waals surface area contributed by atoms with Crippen LogP contribution in [0.1, 0.15) is 40.5 Å². The van der Waals surface area contributed by atoms with Crippen molar-refractivity contribution in [2.45, 2.75) is 46.6 Å². The molecule has 0 spiro atoms. The Morgan fingerprint density at radius 2 is 1.88 bits per heavy atom. The molecule has 0 rings (SSSR count). The summed E-state index contributed by atoms with van der Waals surface area (Å²) in [5.74, 6) is 0.603. The highest BCUT2D eigenvalue weighted by Gasteiger charge is 2.12.